The lowest BCUT2D eigenvalue weighted by molar-refractivity contribution is 0.0467. The molecule has 0 radical (unpaired) electrons. The molecule has 4 heteroatoms. The van der Waals surface area contributed by atoms with E-state index in [1.165, 1.54) is 0 Å². The van der Waals surface area contributed by atoms with Gasteiger partial charge >= 0.3 is 5.97 Å². The average molecular weight is 278 g/mol. The number of esters is 1. The van der Waals surface area contributed by atoms with E-state index in [1.54, 1.807) is 24.3 Å². The van der Waals surface area contributed by atoms with Crippen LogP contribution in [0, 0.1) is 6.92 Å². The van der Waals surface area contributed by atoms with Gasteiger partial charge in [0.1, 0.15) is 6.61 Å². The van der Waals surface area contributed by atoms with E-state index in [2.05, 4.69) is 9.97 Å². The molecule has 0 amide bonds. The fourth-order valence-electron chi connectivity index (χ4n) is 2.05. The largest absolute Gasteiger partial charge is 0.456 e. The lowest BCUT2D eigenvalue weighted by atomic mass is 10.2. The Balaban J connectivity index is 1.79. The molecular formula is C17H14N2O2. The number of carbonyl (C=O) groups is 1. The zero-order chi connectivity index (χ0) is 14.7. The van der Waals surface area contributed by atoms with Crippen LogP contribution in [-0.2, 0) is 11.3 Å². The molecule has 3 aromatic rings. The van der Waals surface area contributed by atoms with Gasteiger partial charge in [0.2, 0.25) is 0 Å². The Morgan fingerprint density at radius 1 is 0.952 bits per heavy atom. The fraction of sp³-hybridized carbons (Fsp3) is 0.118. The summed E-state index contributed by atoms with van der Waals surface area (Å²) in [7, 11) is 0. The molecule has 0 aliphatic heterocycles. The number of hydrogen-bond donors (Lipinski definition) is 0. The van der Waals surface area contributed by atoms with E-state index in [9.17, 15) is 4.79 Å². The molecule has 0 saturated carbocycles. The van der Waals surface area contributed by atoms with E-state index < -0.39 is 0 Å². The number of nitrogens with zero attached hydrogens (tertiary/aromatic N) is 2. The zero-order valence-corrected chi connectivity index (χ0v) is 11.6. The first-order chi connectivity index (χ1) is 10.2. The number of benzene rings is 2. The van der Waals surface area contributed by atoms with Crippen molar-refractivity contribution in [1.29, 1.82) is 0 Å². The number of aromatic nitrogens is 2. The number of para-hydroxylation sites is 2. The van der Waals surface area contributed by atoms with Gasteiger partial charge < -0.3 is 4.74 Å². The minimum atomic E-state index is -0.357. The van der Waals surface area contributed by atoms with Crippen molar-refractivity contribution in [2.24, 2.45) is 0 Å². The van der Waals surface area contributed by atoms with Crippen molar-refractivity contribution in [2.75, 3.05) is 0 Å². The molecular weight excluding hydrogens is 264 g/mol. The maximum atomic E-state index is 11.9. The number of carbonyl (C=O) groups excluding carboxylic acids is 1. The van der Waals surface area contributed by atoms with Crippen LogP contribution < -0.4 is 0 Å². The molecule has 0 unspecified atom stereocenters. The van der Waals surface area contributed by atoms with Gasteiger partial charge in [0.05, 0.1) is 28.0 Å². The van der Waals surface area contributed by atoms with Gasteiger partial charge in [-0.15, -0.1) is 0 Å². The quantitative estimate of drug-likeness (QED) is 0.690. The van der Waals surface area contributed by atoms with E-state index in [0.29, 0.717) is 11.3 Å². The van der Waals surface area contributed by atoms with Gasteiger partial charge in [-0.2, -0.15) is 0 Å². The third-order valence-corrected chi connectivity index (χ3v) is 3.19. The predicted molar refractivity (Wildman–Crippen MR) is 79.8 cm³/mol. The third kappa shape index (κ3) is 2.89. The highest BCUT2D eigenvalue weighted by atomic mass is 16.5. The van der Waals surface area contributed by atoms with E-state index in [4.69, 9.17) is 4.74 Å². The van der Waals surface area contributed by atoms with Crippen LogP contribution in [0.4, 0.5) is 0 Å². The lowest BCUT2D eigenvalue weighted by Crippen LogP contribution is -2.08. The Kier molecular flexibility index (Phi) is 3.60. The fourth-order valence-corrected chi connectivity index (χ4v) is 2.05. The minimum Gasteiger partial charge on any atom is -0.456 e. The van der Waals surface area contributed by atoms with Crippen LogP contribution in [-0.4, -0.2) is 15.9 Å². The first kappa shape index (κ1) is 13.2. The SMILES string of the molecule is Cc1nc2ccccc2nc1COC(=O)c1ccccc1. The van der Waals surface area contributed by atoms with Gasteiger partial charge in [-0.1, -0.05) is 30.3 Å². The summed E-state index contributed by atoms with van der Waals surface area (Å²) >= 11 is 0. The summed E-state index contributed by atoms with van der Waals surface area (Å²) in [6.45, 7) is 1.99. The number of fused-ring (bicyclic) bond motifs is 1. The molecule has 104 valence electrons. The molecule has 0 N–H and O–H groups in total. The summed E-state index contributed by atoms with van der Waals surface area (Å²) in [6, 6.07) is 16.5. The van der Waals surface area contributed by atoms with Gasteiger partial charge in [-0.3, -0.25) is 0 Å². The molecule has 4 nitrogen and oxygen atoms in total. The summed E-state index contributed by atoms with van der Waals surface area (Å²) < 4.78 is 5.30. The Morgan fingerprint density at radius 2 is 1.57 bits per heavy atom. The van der Waals surface area contributed by atoms with Crippen LogP contribution in [0.5, 0.6) is 0 Å². The monoisotopic (exact) mass is 278 g/mol. The highest BCUT2D eigenvalue weighted by Crippen LogP contribution is 2.13. The first-order valence-corrected chi connectivity index (χ1v) is 6.68. The van der Waals surface area contributed by atoms with Crippen LogP contribution in [0.2, 0.25) is 0 Å². The van der Waals surface area contributed by atoms with E-state index >= 15 is 0 Å². The molecule has 0 atom stereocenters. The summed E-state index contributed by atoms with van der Waals surface area (Å²) in [5.41, 5.74) is 3.62. The molecule has 0 fully saturated rings. The Hall–Kier alpha value is -2.75. The van der Waals surface area contributed by atoms with E-state index in [0.717, 1.165) is 16.7 Å². The molecule has 0 bridgehead atoms. The highest BCUT2D eigenvalue weighted by Gasteiger charge is 2.10. The maximum absolute atomic E-state index is 11.9. The summed E-state index contributed by atoms with van der Waals surface area (Å²) in [5, 5.41) is 0. The molecule has 0 spiro atoms. The Morgan fingerprint density at radius 3 is 2.29 bits per heavy atom. The van der Waals surface area contributed by atoms with Crippen LogP contribution in [0.1, 0.15) is 21.7 Å². The van der Waals surface area contributed by atoms with Gasteiger partial charge in [0.15, 0.2) is 0 Å². The molecule has 0 aliphatic carbocycles. The van der Waals surface area contributed by atoms with Crippen molar-refractivity contribution in [3.05, 3.63) is 71.5 Å². The smallest absolute Gasteiger partial charge is 0.338 e. The standard InChI is InChI=1S/C17H14N2O2/c1-12-16(19-15-10-6-5-9-14(15)18-12)11-21-17(20)13-7-3-2-4-8-13/h2-10H,11H2,1H3. The van der Waals surface area contributed by atoms with E-state index in [-0.39, 0.29) is 12.6 Å². The maximum Gasteiger partial charge on any atom is 0.338 e. The van der Waals surface area contributed by atoms with Crippen molar-refractivity contribution < 1.29 is 9.53 Å². The Labute approximate surface area is 122 Å². The second kappa shape index (κ2) is 5.71. The van der Waals surface area contributed by atoms with Gasteiger partial charge in [-0.05, 0) is 31.2 Å². The molecule has 1 heterocycles. The second-order valence-corrected chi connectivity index (χ2v) is 4.69. The van der Waals surface area contributed by atoms with Gasteiger partial charge in [0, 0.05) is 0 Å². The third-order valence-electron chi connectivity index (χ3n) is 3.19. The number of aryl methyl sites for hydroxylation is 1. The Bertz CT molecular complexity index is 785. The average Bonchev–Trinajstić information content (AvgIpc) is 2.53. The molecule has 21 heavy (non-hydrogen) atoms. The van der Waals surface area contributed by atoms with Crippen LogP contribution >= 0.6 is 0 Å². The van der Waals surface area contributed by atoms with E-state index in [1.807, 2.05) is 37.3 Å². The van der Waals surface area contributed by atoms with Crippen LogP contribution in [0.15, 0.2) is 54.6 Å². The summed E-state index contributed by atoms with van der Waals surface area (Å²) in [4.78, 5) is 20.9. The number of ether oxygens (including phenoxy) is 1. The molecule has 1 aromatic heterocycles. The van der Waals surface area contributed by atoms with Crippen molar-refractivity contribution in [1.82, 2.24) is 9.97 Å². The first-order valence-electron chi connectivity index (χ1n) is 6.68. The van der Waals surface area contributed by atoms with Crippen molar-refractivity contribution in [2.45, 2.75) is 13.5 Å². The topological polar surface area (TPSA) is 52.1 Å². The summed E-state index contributed by atoms with van der Waals surface area (Å²) in [6.07, 6.45) is 0. The minimum absolute atomic E-state index is 0.122. The molecule has 3 rings (SSSR count). The van der Waals surface area contributed by atoms with Crippen molar-refractivity contribution in [3.63, 3.8) is 0 Å². The zero-order valence-electron chi connectivity index (χ0n) is 11.6. The van der Waals surface area contributed by atoms with Crippen LogP contribution in [0.25, 0.3) is 11.0 Å². The second-order valence-electron chi connectivity index (χ2n) is 4.69. The predicted octanol–water partition coefficient (Wildman–Crippen LogP) is 3.30. The normalized spacial score (nSPS) is 10.5. The molecule has 0 saturated heterocycles. The van der Waals surface area contributed by atoms with Gasteiger partial charge in [-0.25, -0.2) is 14.8 Å². The molecule has 0 aliphatic rings. The summed E-state index contributed by atoms with van der Waals surface area (Å²) in [5.74, 6) is -0.357. The lowest BCUT2D eigenvalue weighted by Gasteiger charge is -2.08. The van der Waals surface area contributed by atoms with Crippen LogP contribution in [0.3, 0.4) is 0 Å². The van der Waals surface area contributed by atoms with Crippen molar-refractivity contribution >= 4 is 17.0 Å². The van der Waals surface area contributed by atoms with Crippen molar-refractivity contribution in [3.8, 4) is 0 Å². The number of rotatable bonds is 3. The number of hydrogen-bond acceptors (Lipinski definition) is 4. The van der Waals surface area contributed by atoms with Gasteiger partial charge in [0.25, 0.3) is 0 Å². The molecule has 2 aromatic carbocycles. The highest BCUT2D eigenvalue weighted by molar-refractivity contribution is 5.89.